The summed E-state index contributed by atoms with van der Waals surface area (Å²) in [6, 6.07) is 3.52. The number of carbonyl (C=O) groups is 2. The van der Waals surface area contributed by atoms with Crippen molar-refractivity contribution < 1.29 is 9.59 Å². The number of aromatic amines is 1. The predicted octanol–water partition coefficient (Wildman–Crippen LogP) is 4.42. The first-order valence-electron chi connectivity index (χ1n) is 9.04. The standard InChI is InChI=1S/C18H23ClN4O2S2/c1-23-15(21-22-17(23)26)11-20-16(25)10-18(7-3-2-4-8-18)9-12(24)13-5-6-14(19)27-13/h5-6H,2-4,7-11H2,1H3,(H,20,25)(H,22,26). The van der Waals surface area contributed by atoms with Crippen LogP contribution in [-0.2, 0) is 18.4 Å². The summed E-state index contributed by atoms with van der Waals surface area (Å²) >= 11 is 12.4. The minimum atomic E-state index is -0.271. The Morgan fingerprint density at radius 3 is 2.67 bits per heavy atom. The number of nitrogens with zero attached hydrogens (tertiary/aromatic N) is 2. The summed E-state index contributed by atoms with van der Waals surface area (Å²) in [4.78, 5) is 26.0. The van der Waals surface area contributed by atoms with Crippen molar-refractivity contribution in [3.63, 3.8) is 0 Å². The molecule has 2 heterocycles. The molecule has 0 spiro atoms. The highest BCUT2D eigenvalue weighted by molar-refractivity contribution is 7.71. The van der Waals surface area contributed by atoms with Crippen molar-refractivity contribution in [2.45, 2.75) is 51.5 Å². The van der Waals surface area contributed by atoms with Crippen LogP contribution in [0.3, 0.4) is 0 Å². The minimum absolute atomic E-state index is 0.0529. The number of ketones is 1. The fraction of sp³-hybridized carbons (Fsp3) is 0.556. The molecule has 0 atom stereocenters. The van der Waals surface area contributed by atoms with Gasteiger partial charge in [0.05, 0.1) is 15.8 Å². The van der Waals surface area contributed by atoms with Crippen molar-refractivity contribution in [1.29, 1.82) is 0 Å². The zero-order valence-corrected chi connectivity index (χ0v) is 17.6. The third kappa shape index (κ3) is 5.06. The number of carbonyl (C=O) groups excluding carboxylic acids is 2. The molecule has 1 aliphatic rings. The molecule has 0 saturated heterocycles. The Balaban J connectivity index is 1.64. The fourth-order valence-electron chi connectivity index (χ4n) is 3.73. The number of Topliss-reactive ketones (excluding diaryl/α,β-unsaturated/α-hetero) is 1. The van der Waals surface area contributed by atoms with Crippen LogP contribution >= 0.6 is 35.2 Å². The smallest absolute Gasteiger partial charge is 0.220 e. The first-order chi connectivity index (χ1) is 12.9. The van der Waals surface area contributed by atoms with Crippen molar-refractivity contribution in [3.8, 4) is 0 Å². The van der Waals surface area contributed by atoms with Crippen LogP contribution in [-0.4, -0.2) is 26.5 Å². The molecule has 1 saturated carbocycles. The molecule has 1 amide bonds. The Morgan fingerprint density at radius 1 is 1.33 bits per heavy atom. The molecule has 1 aliphatic carbocycles. The van der Waals surface area contributed by atoms with Gasteiger partial charge in [0.2, 0.25) is 5.91 Å². The van der Waals surface area contributed by atoms with Gasteiger partial charge in [-0.15, -0.1) is 11.3 Å². The summed E-state index contributed by atoms with van der Waals surface area (Å²) in [7, 11) is 1.81. The van der Waals surface area contributed by atoms with Gasteiger partial charge in [-0.25, -0.2) is 0 Å². The van der Waals surface area contributed by atoms with Gasteiger partial charge in [0, 0.05) is 19.9 Å². The summed E-state index contributed by atoms with van der Waals surface area (Å²) in [5, 5.41) is 9.74. The van der Waals surface area contributed by atoms with Gasteiger partial charge in [-0.3, -0.25) is 14.7 Å². The Labute approximate surface area is 172 Å². The van der Waals surface area contributed by atoms with Crippen molar-refractivity contribution in [2.24, 2.45) is 12.5 Å². The second-order valence-corrected chi connectivity index (χ2v) is 9.32. The van der Waals surface area contributed by atoms with E-state index < -0.39 is 0 Å². The summed E-state index contributed by atoms with van der Waals surface area (Å²) in [6.45, 7) is 0.313. The van der Waals surface area contributed by atoms with Gasteiger partial charge >= 0.3 is 0 Å². The molecule has 27 heavy (non-hydrogen) atoms. The molecule has 2 aromatic rings. The lowest BCUT2D eigenvalue weighted by molar-refractivity contribution is -0.124. The zero-order chi connectivity index (χ0) is 19.4. The fourth-order valence-corrected chi connectivity index (χ4v) is 4.86. The first-order valence-corrected chi connectivity index (χ1v) is 10.6. The van der Waals surface area contributed by atoms with E-state index in [-0.39, 0.29) is 17.1 Å². The molecule has 0 aromatic carbocycles. The molecule has 0 bridgehead atoms. The first kappa shape index (κ1) is 20.2. The van der Waals surface area contributed by atoms with Crippen LogP contribution in [0.5, 0.6) is 0 Å². The van der Waals surface area contributed by atoms with Gasteiger partial charge in [-0.2, -0.15) is 5.10 Å². The SMILES string of the molecule is Cn1c(CNC(=O)CC2(CC(=O)c3ccc(Cl)s3)CCCCC2)n[nH]c1=S. The maximum Gasteiger partial charge on any atom is 0.220 e. The van der Waals surface area contributed by atoms with Crippen molar-refractivity contribution in [3.05, 3.63) is 31.9 Å². The van der Waals surface area contributed by atoms with Crippen molar-refractivity contribution in [2.75, 3.05) is 0 Å². The number of amides is 1. The number of hydrogen-bond donors (Lipinski definition) is 2. The lowest BCUT2D eigenvalue weighted by Gasteiger charge is -2.36. The van der Waals surface area contributed by atoms with Gasteiger partial charge in [0.25, 0.3) is 0 Å². The van der Waals surface area contributed by atoms with E-state index >= 15 is 0 Å². The average Bonchev–Trinajstić information content (AvgIpc) is 3.20. The highest BCUT2D eigenvalue weighted by atomic mass is 35.5. The van der Waals surface area contributed by atoms with E-state index in [2.05, 4.69) is 15.5 Å². The second-order valence-electron chi connectivity index (χ2n) is 7.22. The molecule has 3 rings (SSSR count). The number of hydrogen-bond acceptors (Lipinski definition) is 5. The van der Waals surface area contributed by atoms with Crippen LogP contribution in [0, 0.1) is 10.2 Å². The maximum absolute atomic E-state index is 12.7. The molecule has 146 valence electrons. The normalized spacial score (nSPS) is 16.2. The molecule has 1 fully saturated rings. The molecule has 0 radical (unpaired) electrons. The van der Waals surface area contributed by atoms with E-state index in [9.17, 15) is 9.59 Å². The molecule has 0 aliphatic heterocycles. The van der Waals surface area contributed by atoms with Crippen LogP contribution in [0.15, 0.2) is 12.1 Å². The number of thiophene rings is 1. The quantitative estimate of drug-likeness (QED) is 0.507. The molecular formula is C18H23ClN4O2S2. The lowest BCUT2D eigenvalue weighted by Crippen LogP contribution is -2.35. The van der Waals surface area contributed by atoms with Crippen LogP contribution in [0.2, 0.25) is 4.34 Å². The molecule has 9 heteroatoms. The van der Waals surface area contributed by atoms with Crippen LogP contribution < -0.4 is 5.32 Å². The third-order valence-corrected chi connectivity index (χ3v) is 6.89. The topological polar surface area (TPSA) is 79.8 Å². The van der Waals surface area contributed by atoms with E-state index in [1.54, 1.807) is 23.7 Å². The van der Waals surface area contributed by atoms with E-state index in [0.29, 0.717) is 39.2 Å². The number of halogens is 1. The zero-order valence-electron chi connectivity index (χ0n) is 15.2. The van der Waals surface area contributed by atoms with E-state index in [4.69, 9.17) is 23.8 Å². The van der Waals surface area contributed by atoms with Gasteiger partial charge in [0.1, 0.15) is 0 Å². The predicted molar refractivity (Wildman–Crippen MR) is 109 cm³/mol. The van der Waals surface area contributed by atoms with Gasteiger partial charge < -0.3 is 9.88 Å². The summed E-state index contributed by atoms with van der Waals surface area (Å²) in [5.74, 6) is 0.703. The Bertz CT molecular complexity index is 880. The average molecular weight is 427 g/mol. The minimum Gasteiger partial charge on any atom is -0.349 e. The molecule has 2 N–H and O–H groups in total. The van der Waals surface area contributed by atoms with Crippen LogP contribution in [0.1, 0.15) is 60.4 Å². The lowest BCUT2D eigenvalue weighted by atomic mass is 9.68. The number of rotatable bonds is 7. The maximum atomic E-state index is 12.7. The number of nitrogens with one attached hydrogen (secondary N) is 2. The Hall–Kier alpha value is -1.51. The second kappa shape index (κ2) is 8.67. The molecule has 6 nitrogen and oxygen atoms in total. The van der Waals surface area contributed by atoms with E-state index in [1.807, 2.05) is 0 Å². The third-order valence-electron chi connectivity index (χ3n) is 5.25. The summed E-state index contributed by atoms with van der Waals surface area (Å²) in [5.41, 5.74) is -0.271. The Kier molecular flexibility index (Phi) is 6.49. The monoisotopic (exact) mass is 426 g/mol. The van der Waals surface area contributed by atoms with Crippen molar-refractivity contribution >= 4 is 46.8 Å². The largest absolute Gasteiger partial charge is 0.349 e. The van der Waals surface area contributed by atoms with Gasteiger partial charge in [0.15, 0.2) is 16.4 Å². The molecule has 0 unspecified atom stereocenters. The molecule has 2 aromatic heterocycles. The van der Waals surface area contributed by atoms with Crippen molar-refractivity contribution in [1.82, 2.24) is 20.1 Å². The molecular weight excluding hydrogens is 404 g/mol. The Morgan fingerprint density at radius 2 is 2.07 bits per heavy atom. The number of aromatic nitrogens is 3. The van der Waals surface area contributed by atoms with Crippen LogP contribution in [0.25, 0.3) is 0 Å². The highest BCUT2D eigenvalue weighted by Gasteiger charge is 2.36. The van der Waals surface area contributed by atoms with Crippen LogP contribution in [0.4, 0.5) is 0 Å². The highest BCUT2D eigenvalue weighted by Crippen LogP contribution is 2.43. The van der Waals surface area contributed by atoms with Gasteiger partial charge in [-0.05, 0) is 42.6 Å². The summed E-state index contributed by atoms with van der Waals surface area (Å²) < 4.78 is 2.86. The summed E-state index contributed by atoms with van der Waals surface area (Å²) in [6.07, 6.45) is 5.82. The van der Waals surface area contributed by atoms with E-state index in [1.165, 1.54) is 11.3 Å². The van der Waals surface area contributed by atoms with Gasteiger partial charge in [-0.1, -0.05) is 30.9 Å². The number of H-pyrrole nitrogens is 1. The van der Waals surface area contributed by atoms with E-state index in [0.717, 1.165) is 32.1 Å².